The van der Waals surface area contributed by atoms with Crippen molar-refractivity contribution in [3.63, 3.8) is 0 Å². The Kier molecular flexibility index (Phi) is 3.09. The van der Waals surface area contributed by atoms with Crippen molar-refractivity contribution in [1.82, 2.24) is 14.5 Å². The van der Waals surface area contributed by atoms with Crippen LogP contribution in [0, 0.1) is 0 Å². The maximum atomic E-state index is 9.65. The van der Waals surface area contributed by atoms with Gasteiger partial charge in [0.25, 0.3) is 0 Å². The first-order valence-corrected chi connectivity index (χ1v) is 7.24. The Hall–Kier alpha value is -2.72. The summed E-state index contributed by atoms with van der Waals surface area (Å²) >= 11 is 0. The first kappa shape index (κ1) is 13.0. The molecular weight excluding hydrogens is 274 g/mol. The van der Waals surface area contributed by atoms with Crippen LogP contribution in [0.25, 0.3) is 21.9 Å². The molecule has 0 spiro atoms. The van der Waals surface area contributed by atoms with Gasteiger partial charge in [-0.1, -0.05) is 48.5 Å². The lowest BCUT2D eigenvalue weighted by atomic mass is 10.2. The molecule has 1 N–H and O–H groups in total. The average Bonchev–Trinajstić information content (AvgIpc) is 2.90. The molecule has 108 valence electrons. The summed E-state index contributed by atoms with van der Waals surface area (Å²) in [6.07, 6.45) is 1.52. The molecule has 4 rings (SSSR count). The highest BCUT2D eigenvalue weighted by Gasteiger charge is 2.15. The fraction of sp³-hybridized carbons (Fsp3) is 0.111. The number of aromatic nitrogens is 3. The van der Waals surface area contributed by atoms with Crippen molar-refractivity contribution in [2.75, 3.05) is 0 Å². The minimum atomic E-state index is -0.0931. The Morgan fingerprint density at radius 3 is 2.50 bits per heavy atom. The summed E-state index contributed by atoms with van der Waals surface area (Å²) in [5.74, 6) is 0. The molecule has 0 radical (unpaired) electrons. The van der Waals surface area contributed by atoms with Crippen molar-refractivity contribution in [3.8, 4) is 0 Å². The highest BCUT2D eigenvalue weighted by molar-refractivity contribution is 6.06. The zero-order chi connectivity index (χ0) is 14.9. The van der Waals surface area contributed by atoms with Crippen molar-refractivity contribution >= 4 is 21.9 Å². The largest absolute Gasteiger partial charge is 0.390 e. The van der Waals surface area contributed by atoms with Crippen molar-refractivity contribution < 1.29 is 5.11 Å². The fourth-order valence-corrected chi connectivity index (χ4v) is 2.97. The number of aliphatic hydroxyl groups excluding tert-OH is 1. The van der Waals surface area contributed by atoms with Crippen LogP contribution in [0.5, 0.6) is 0 Å². The third-order valence-electron chi connectivity index (χ3n) is 3.95. The maximum absolute atomic E-state index is 9.65. The predicted octanol–water partition coefficient (Wildman–Crippen LogP) is 3.13. The number of hydrogen-bond acceptors (Lipinski definition) is 3. The van der Waals surface area contributed by atoms with Crippen molar-refractivity contribution in [3.05, 3.63) is 72.2 Å². The van der Waals surface area contributed by atoms with Crippen LogP contribution in [0.1, 0.15) is 11.3 Å². The van der Waals surface area contributed by atoms with E-state index in [4.69, 9.17) is 0 Å². The van der Waals surface area contributed by atoms with Crippen LogP contribution in [0.15, 0.2) is 60.9 Å². The van der Waals surface area contributed by atoms with E-state index in [1.165, 1.54) is 11.9 Å². The van der Waals surface area contributed by atoms with Gasteiger partial charge in [0.2, 0.25) is 0 Å². The molecule has 2 aromatic carbocycles. The van der Waals surface area contributed by atoms with E-state index in [1.54, 1.807) is 0 Å². The highest BCUT2D eigenvalue weighted by Crippen LogP contribution is 2.29. The van der Waals surface area contributed by atoms with Gasteiger partial charge in [-0.3, -0.25) is 0 Å². The molecule has 4 heteroatoms. The molecule has 0 aliphatic carbocycles. The molecule has 22 heavy (non-hydrogen) atoms. The maximum Gasteiger partial charge on any atom is 0.116 e. The zero-order valence-corrected chi connectivity index (χ0v) is 12.0. The number of aliphatic hydroxyl groups is 1. The van der Waals surface area contributed by atoms with E-state index in [0.717, 1.165) is 28.5 Å². The third kappa shape index (κ3) is 1.96. The number of benzene rings is 2. The predicted molar refractivity (Wildman–Crippen MR) is 86.5 cm³/mol. The van der Waals surface area contributed by atoms with Crippen molar-refractivity contribution in [1.29, 1.82) is 0 Å². The molecule has 2 aromatic heterocycles. The lowest BCUT2D eigenvalue weighted by Crippen LogP contribution is -2.03. The molecule has 4 nitrogen and oxygen atoms in total. The first-order valence-electron chi connectivity index (χ1n) is 7.24. The van der Waals surface area contributed by atoms with Crippen LogP contribution >= 0.6 is 0 Å². The van der Waals surface area contributed by atoms with Crippen LogP contribution < -0.4 is 0 Å². The fourth-order valence-electron chi connectivity index (χ4n) is 2.97. The van der Waals surface area contributed by atoms with E-state index in [2.05, 4.69) is 38.8 Å². The summed E-state index contributed by atoms with van der Waals surface area (Å²) in [4.78, 5) is 8.68. The molecule has 2 heterocycles. The molecule has 0 unspecified atom stereocenters. The summed E-state index contributed by atoms with van der Waals surface area (Å²) in [6.45, 7) is 0.634. The zero-order valence-electron chi connectivity index (χ0n) is 12.0. The normalized spacial score (nSPS) is 11.3. The summed E-state index contributed by atoms with van der Waals surface area (Å²) in [5, 5.41) is 10.7. The number of hydrogen-bond donors (Lipinski definition) is 1. The van der Waals surface area contributed by atoms with E-state index in [-0.39, 0.29) is 6.61 Å². The van der Waals surface area contributed by atoms with Crippen LogP contribution in [-0.4, -0.2) is 19.6 Å². The van der Waals surface area contributed by atoms with Crippen molar-refractivity contribution in [2.24, 2.45) is 0 Å². The van der Waals surface area contributed by atoms with Gasteiger partial charge in [-0.05, 0) is 11.6 Å². The lowest BCUT2D eigenvalue weighted by molar-refractivity contribution is 0.278. The molecule has 4 aromatic rings. The number of rotatable bonds is 3. The highest BCUT2D eigenvalue weighted by atomic mass is 16.3. The smallest absolute Gasteiger partial charge is 0.116 e. The molecular formula is C18H15N3O. The second-order valence-corrected chi connectivity index (χ2v) is 5.26. The van der Waals surface area contributed by atoms with E-state index >= 15 is 0 Å². The van der Waals surface area contributed by atoms with E-state index in [0.29, 0.717) is 5.69 Å². The summed E-state index contributed by atoms with van der Waals surface area (Å²) in [7, 11) is 0. The van der Waals surface area contributed by atoms with Gasteiger partial charge in [0.05, 0.1) is 28.9 Å². The van der Waals surface area contributed by atoms with Gasteiger partial charge in [-0.25, -0.2) is 9.97 Å². The summed E-state index contributed by atoms with van der Waals surface area (Å²) < 4.78 is 2.19. The Morgan fingerprint density at radius 1 is 0.909 bits per heavy atom. The SMILES string of the molecule is OCc1ncnc2c3ccccc3n(Cc3ccccc3)c12. The number of nitrogens with zero attached hydrogens (tertiary/aromatic N) is 3. The first-order chi connectivity index (χ1) is 10.9. The van der Waals surface area contributed by atoms with E-state index < -0.39 is 0 Å². The second kappa shape index (κ2) is 5.24. The lowest BCUT2D eigenvalue weighted by Gasteiger charge is -2.09. The van der Waals surface area contributed by atoms with Crippen molar-refractivity contribution in [2.45, 2.75) is 13.2 Å². The molecule has 0 bridgehead atoms. The van der Waals surface area contributed by atoms with Crippen LogP contribution in [-0.2, 0) is 13.2 Å². The molecule has 0 fully saturated rings. The number of para-hydroxylation sites is 1. The van der Waals surface area contributed by atoms with E-state index in [1.807, 2.05) is 30.3 Å². The van der Waals surface area contributed by atoms with Crippen LogP contribution in [0.4, 0.5) is 0 Å². The molecule has 0 amide bonds. The van der Waals surface area contributed by atoms with E-state index in [9.17, 15) is 5.11 Å². The van der Waals surface area contributed by atoms with Gasteiger partial charge >= 0.3 is 0 Å². The Morgan fingerprint density at radius 2 is 1.68 bits per heavy atom. The molecule has 0 saturated carbocycles. The Balaban J connectivity index is 2.05. The number of fused-ring (bicyclic) bond motifs is 3. The minimum Gasteiger partial charge on any atom is -0.390 e. The molecule has 0 atom stereocenters. The minimum absolute atomic E-state index is 0.0931. The molecule has 0 aliphatic heterocycles. The average molecular weight is 289 g/mol. The second-order valence-electron chi connectivity index (χ2n) is 5.26. The van der Waals surface area contributed by atoms with Gasteiger partial charge in [0.1, 0.15) is 6.33 Å². The Bertz CT molecular complexity index is 945. The van der Waals surface area contributed by atoms with Gasteiger partial charge in [0.15, 0.2) is 0 Å². The Labute approximate surface area is 127 Å². The van der Waals surface area contributed by atoms with Gasteiger partial charge in [-0.2, -0.15) is 0 Å². The monoisotopic (exact) mass is 289 g/mol. The topological polar surface area (TPSA) is 50.9 Å². The van der Waals surface area contributed by atoms with Crippen LogP contribution in [0.3, 0.4) is 0 Å². The molecule has 0 saturated heterocycles. The summed E-state index contributed by atoms with van der Waals surface area (Å²) in [5.41, 5.74) is 4.78. The third-order valence-corrected chi connectivity index (χ3v) is 3.95. The molecule has 0 aliphatic rings. The van der Waals surface area contributed by atoms with Gasteiger partial charge in [0, 0.05) is 11.9 Å². The van der Waals surface area contributed by atoms with Gasteiger partial charge < -0.3 is 9.67 Å². The quantitative estimate of drug-likeness (QED) is 0.630. The summed E-state index contributed by atoms with van der Waals surface area (Å²) in [6, 6.07) is 18.5. The van der Waals surface area contributed by atoms with Crippen LogP contribution in [0.2, 0.25) is 0 Å². The standard InChI is InChI=1S/C18H15N3O/c22-11-15-18-17(20-12-19-15)14-8-4-5-9-16(14)21(18)10-13-6-2-1-3-7-13/h1-9,12,22H,10-11H2. The van der Waals surface area contributed by atoms with Gasteiger partial charge in [-0.15, -0.1) is 0 Å².